The first-order valence-corrected chi connectivity index (χ1v) is 13.1. The summed E-state index contributed by atoms with van der Waals surface area (Å²) in [4.78, 5) is 20.7. The van der Waals surface area contributed by atoms with Gasteiger partial charge in [-0.25, -0.2) is 8.91 Å². The SMILES string of the molecule is Cc1cc(-c2ncccc2-c2ccn3ncc(C(=O)NC4CC5CCCN5C(C)(C)C4)c3c2)ccc1F. The lowest BCUT2D eigenvalue weighted by molar-refractivity contribution is 0.0367. The second kappa shape index (κ2) is 9.06. The van der Waals surface area contributed by atoms with Crippen molar-refractivity contribution in [2.45, 2.75) is 64.1 Å². The molecule has 3 aromatic heterocycles. The van der Waals surface area contributed by atoms with E-state index in [2.05, 4.69) is 34.1 Å². The van der Waals surface area contributed by atoms with E-state index in [1.165, 1.54) is 18.9 Å². The Morgan fingerprint density at radius 3 is 2.86 bits per heavy atom. The third-order valence-corrected chi connectivity index (χ3v) is 8.11. The quantitative estimate of drug-likeness (QED) is 0.396. The van der Waals surface area contributed by atoms with E-state index in [4.69, 9.17) is 0 Å². The van der Waals surface area contributed by atoms with E-state index in [0.717, 1.165) is 47.3 Å². The number of halogens is 1. The van der Waals surface area contributed by atoms with Crippen molar-refractivity contribution in [1.82, 2.24) is 24.8 Å². The normalized spacial score (nSPS) is 21.2. The highest BCUT2D eigenvalue weighted by atomic mass is 19.1. The molecule has 1 aromatic carbocycles. The number of carbonyl (C=O) groups is 1. The van der Waals surface area contributed by atoms with E-state index in [1.807, 2.05) is 36.5 Å². The molecule has 2 aliphatic heterocycles. The van der Waals surface area contributed by atoms with Gasteiger partial charge in [0.2, 0.25) is 0 Å². The molecule has 2 fully saturated rings. The topological polar surface area (TPSA) is 62.5 Å². The van der Waals surface area contributed by atoms with E-state index in [9.17, 15) is 9.18 Å². The molecule has 190 valence electrons. The zero-order chi connectivity index (χ0) is 25.7. The first-order valence-electron chi connectivity index (χ1n) is 13.1. The van der Waals surface area contributed by atoms with Crippen molar-refractivity contribution in [3.63, 3.8) is 0 Å². The number of hydrogen-bond acceptors (Lipinski definition) is 4. The minimum Gasteiger partial charge on any atom is -0.349 e. The number of carbonyl (C=O) groups excluding carboxylic acids is 1. The van der Waals surface area contributed by atoms with Gasteiger partial charge in [0.15, 0.2) is 0 Å². The average molecular weight is 498 g/mol. The summed E-state index contributed by atoms with van der Waals surface area (Å²) in [5.41, 5.74) is 5.43. The number of aryl methyl sites for hydroxylation is 1. The van der Waals surface area contributed by atoms with Crippen molar-refractivity contribution < 1.29 is 9.18 Å². The summed E-state index contributed by atoms with van der Waals surface area (Å²) < 4.78 is 15.6. The molecular weight excluding hydrogens is 465 g/mol. The van der Waals surface area contributed by atoms with Gasteiger partial charge in [-0.3, -0.25) is 14.7 Å². The Bertz CT molecular complexity index is 1490. The molecule has 0 radical (unpaired) electrons. The minimum absolute atomic E-state index is 0.0834. The Morgan fingerprint density at radius 2 is 2.03 bits per heavy atom. The summed E-state index contributed by atoms with van der Waals surface area (Å²) in [6.45, 7) is 7.49. The van der Waals surface area contributed by atoms with Gasteiger partial charge in [0.1, 0.15) is 5.82 Å². The maximum Gasteiger partial charge on any atom is 0.255 e. The highest BCUT2D eigenvalue weighted by Crippen LogP contribution is 2.38. The van der Waals surface area contributed by atoms with E-state index < -0.39 is 0 Å². The number of amides is 1. The fourth-order valence-corrected chi connectivity index (χ4v) is 6.37. The summed E-state index contributed by atoms with van der Waals surface area (Å²) in [6, 6.07) is 13.6. The molecule has 6 nitrogen and oxygen atoms in total. The fourth-order valence-electron chi connectivity index (χ4n) is 6.37. The molecule has 0 spiro atoms. The third kappa shape index (κ3) is 4.31. The molecule has 2 aliphatic rings. The Labute approximate surface area is 216 Å². The number of piperidine rings is 1. The first kappa shape index (κ1) is 23.8. The summed E-state index contributed by atoms with van der Waals surface area (Å²) in [7, 11) is 0. The van der Waals surface area contributed by atoms with Crippen LogP contribution in [0.4, 0.5) is 4.39 Å². The van der Waals surface area contributed by atoms with Crippen LogP contribution < -0.4 is 5.32 Å². The Kier molecular flexibility index (Phi) is 5.83. The molecule has 2 unspecified atom stereocenters. The van der Waals surface area contributed by atoms with Crippen LogP contribution in [0.1, 0.15) is 55.5 Å². The number of benzene rings is 1. The maximum atomic E-state index is 13.9. The number of aromatic nitrogens is 3. The fraction of sp³-hybridized carbons (Fsp3) is 0.367. The van der Waals surface area contributed by atoms with Crippen molar-refractivity contribution in [3.05, 3.63) is 78.0 Å². The molecule has 6 rings (SSSR count). The second-order valence-corrected chi connectivity index (χ2v) is 11.1. The van der Waals surface area contributed by atoms with Gasteiger partial charge >= 0.3 is 0 Å². The lowest BCUT2D eigenvalue weighted by atomic mass is 9.83. The van der Waals surface area contributed by atoms with Gasteiger partial charge in [-0.2, -0.15) is 5.10 Å². The monoisotopic (exact) mass is 497 g/mol. The lowest BCUT2D eigenvalue weighted by Gasteiger charge is -2.47. The Hall–Kier alpha value is -3.58. The van der Waals surface area contributed by atoms with Crippen molar-refractivity contribution in [1.29, 1.82) is 0 Å². The van der Waals surface area contributed by atoms with Crippen LogP contribution in [-0.4, -0.2) is 49.6 Å². The molecule has 5 heterocycles. The largest absolute Gasteiger partial charge is 0.349 e. The predicted molar refractivity (Wildman–Crippen MR) is 143 cm³/mol. The molecular formula is C30H32FN5O. The molecule has 0 saturated carbocycles. The Morgan fingerprint density at radius 1 is 1.16 bits per heavy atom. The zero-order valence-corrected chi connectivity index (χ0v) is 21.5. The van der Waals surface area contributed by atoms with Crippen molar-refractivity contribution in [3.8, 4) is 22.4 Å². The van der Waals surface area contributed by atoms with E-state index in [-0.39, 0.29) is 23.3 Å². The van der Waals surface area contributed by atoms with Crippen LogP contribution in [0.5, 0.6) is 0 Å². The van der Waals surface area contributed by atoms with Crippen LogP contribution in [0.3, 0.4) is 0 Å². The summed E-state index contributed by atoms with van der Waals surface area (Å²) >= 11 is 0. The number of hydrogen-bond donors (Lipinski definition) is 1. The van der Waals surface area contributed by atoms with Crippen molar-refractivity contribution >= 4 is 11.4 Å². The summed E-state index contributed by atoms with van der Waals surface area (Å²) in [6.07, 6.45) is 9.64. The molecule has 0 aliphatic carbocycles. The highest BCUT2D eigenvalue weighted by molar-refractivity contribution is 6.01. The lowest BCUT2D eigenvalue weighted by Crippen LogP contribution is -2.57. The van der Waals surface area contributed by atoms with Gasteiger partial charge in [-0.05, 0) is 101 Å². The number of nitrogens with one attached hydrogen (secondary N) is 1. The summed E-state index contributed by atoms with van der Waals surface area (Å²) in [5.74, 6) is -0.320. The number of rotatable bonds is 4. The molecule has 1 N–H and O–H groups in total. The third-order valence-electron chi connectivity index (χ3n) is 8.11. The van der Waals surface area contributed by atoms with Gasteiger partial charge < -0.3 is 5.32 Å². The highest BCUT2D eigenvalue weighted by Gasteiger charge is 2.43. The van der Waals surface area contributed by atoms with Gasteiger partial charge in [0.25, 0.3) is 5.91 Å². The molecule has 4 aromatic rings. The smallest absolute Gasteiger partial charge is 0.255 e. The molecule has 2 saturated heterocycles. The first-order chi connectivity index (χ1) is 17.8. The number of fused-ring (bicyclic) bond motifs is 2. The van der Waals surface area contributed by atoms with Crippen LogP contribution >= 0.6 is 0 Å². The maximum absolute atomic E-state index is 13.9. The molecule has 37 heavy (non-hydrogen) atoms. The van der Waals surface area contributed by atoms with Crippen LogP contribution in [0.15, 0.2) is 61.1 Å². The van der Waals surface area contributed by atoms with Crippen LogP contribution in [0.2, 0.25) is 0 Å². The van der Waals surface area contributed by atoms with E-state index in [0.29, 0.717) is 17.2 Å². The molecule has 2 atom stereocenters. The van der Waals surface area contributed by atoms with Gasteiger partial charge in [-0.1, -0.05) is 6.07 Å². The Balaban J connectivity index is 1.31. The summed E-state index contributed by atoms with van der Waals surface area (Å²) in [5, 5.41) is 7.76. The van der Waals surface area contributed by atoms with Crippen LogP contribution in [-0.2, 0) is 0 Å². The minimum atomic E-state index is -0.237. The number of nitrogens with zero attached hydrogens (tertiary/aromatic N) is 4. The predicted octanol–water partition coefficient (Wildman–Crippen LogP) is 5.65. The van der Waals surface area contributed by atoms with Crippen LogP contribution in [0.25, 0.3) is 27.9 Å². The molecule has 7 heteroatoms. The van der Waals surface area contributed by atoms with Crippen molar-refractivity contribution in [2.75, 3.05) is 6.54 Å². The van der Waals surface area contributed by atoms with Gasteiger partial charge in [0.05, 0.1) is 23.0 Å². The average Bonchev–Trinajstić information content (AvgIpc) is 3.53. The number of pyridine rings is 2. The second-order valence-electron chi connectivity index (χ2n) is 11.1. The van der Waals surface area contributed by atoms with Crippen LogP contribution in [0, 0.1) is 12.7 Å². The molecule has 1 amide bonds. The zero-order valence-electron chi connectivity index (χ0n) is 21.5. The van der Waals surface area contributed by atoms with Gasteiger partial charge in [0, 0.05) is 41.1 Å². The van der Waals surface area contributed by atoms with E-state index in [1.54, 1.807) is 29.9 Å². The standard InChI is InChI=1S/C30H32FN5O/c1-19-14-21(8-9-26(19)31)28-24(7-4-11-32-28)20-10-13-36-27(15-20)25(18-33-36)29(37)34-22-16-23-6-5-12-35(23)30(2,3)17-22/h4,7-11,13-15,18,22-23H,5-6,12,16-17H2,1-3H3,(H,34,37). The van der Waals surface area contributed by atoms with Gasteiger partial charge in [-0.15, -0.1) is 0 Å². The van der Waals surface area contributed by atoms with Crippen molar-refractivity contribution in [2.24, 2.45) is 0 Å². The molecule has 0 bridgehead atoms. The van der Waals surface area contributed by atoms with E-state index >= 15 is 0 Å².